The zero-order valence-electron chi connectivity index (χ0n) is 12.0. The average molecular weight is 291 g/mol. The molecule has 1 unspecified atom stereocenters. The van der Waals surface area contributed by atoms with Crippen molar-refractivity contribution in [3.8, 4) is 0 Å². The van der Waals surface area contributed by atoms with Crippen LogP contribution in [0.3, 0.4) is 0 Å². The SMILES string of the molecule is CC(C)CSCc1noc(CC(N)c2ccccc2)n1. The minimum Gasteiger partial charge on any atom is -0.339 e. The molecule has 5 heteroatoms. The molecule has 1 aromatic carbocycles. The highest BCUT2D eigenvalue weighted by Gasteiger charge is 2.12. The second-order valence-electron chi connectivity index (χ2n) is 5.23. The summed E-state index contributed by atoms with van der Waals surface area (Å²) < 4.78 is 5.26. The van der Waals surface area contributed by atoms with E-state index in [-0.39, 0.29) is 6.04 Å². The van der Waals surface area contributed by atoms with Crippen LogP contribution in [0.4, 0.5) is 0 Å². The van der Waals surface area contributed by atoms with E-state index in [1.165, 1.54) is 0 Å². The Morgan fingerprint density at radius 2 is 2.00 bits per heavy atom. The van der Waals surface area contributed by atoms with Gasteiger partial charge in [-0.3, -0.25) is 0 Å². The van der Waals surface area contributed by atoms with Gasteiger partial charge in [0.1, 0.15) is 0 Å². The number of rotatable bonds is 7. The van der Waals surface area contributed by atoms with Gasteiger partial charge in [-0.05, 0) is 17.2 Å². The molecule has 0 aliphatic rings. The van der Waals surface area contributed by atoms with Gasteiger partial charge in [-0.15, -0.1) is 0 Å². The third-order valence-electron chi connectivity index (χ3n) is 2.81. The molecule has 0 bridgehead atoms. The topological polar surface area (TPSA) is 64.9 Å². The predicted molar refractivity (Wildman–Crippen MR) is 82.4 cm³/mol. The van der Waals surface area contributed by atoms with Gasteiger partial charge in [0.05, 0.1) is 5.75 Å². The van der Waals surface area contributed by atoms with Crippen LogP contribution < -0.4 is 5.73 Å². The molecule has 0 radical (unpaired) electrons. The van der Waals surface area contributed by atoms with Crippen LogP contribution >= 0.6 is 11.8 Å². The van der Waals surface area contributed by atoms with Crippen LogP contribution in [-0.4, -0.2) is 15.9 Å². The van der Waals surface area contributed by atoms with Gasteiger partial charge in [-0.2, -0.15) is 16.7 Å². The van der Waals surface area contributed by atoms with Crippen LogP contribution in [0.2, 0.25) is 0 Å². The first-order chi connectivity index (χ1) is 9.65. The van der Waals surface area contributed by atoms with E-state index in [1.807, 2.05) is 42.1 Å². The van der Waals surface area contributed by atoms with Crippen LogP contribution in [0, 0.1) is 5.92 Å². The first kappa shape index (κ1) is 15.1. The van der Waals surface area contributed by atoms with Crippen molar-refractivity contribution >= 4 is 11.8 Å². The van der Waals surface area contributed by atoms with Gasteiger partial charge in [-0.25, -0.2) is 0 Å². The van der Waals surface area contributed by atoms with E-state index in [1.54, 1.807) is 0 Å². The monoisotopic (exact) mass is 291 g/mol. The molecular formula is C15H21N3OS. The molecular weight excluding hydrogens is 270 g/mol. The molecule has 2 aromatic rings. The first-order valence-corrected chi connectivity index (χ1v) is 8.00. The largest absolute Gasteiger partial charge is 0.339 e. The Kier molecular flexibility index (Phi) is 5.61. The van der Waals surface area contributed by atoms with Gasteiger partial charge in [0, 0.05) is 12.5 Å². The minimum absolute atomic E-state index is 0.104. The van der Waals surface area contributed by atoms with Gasteiger partial charge in [-0.1, -0.05) is 49.3 Å². The molecule has 108 valence electrons. The molecule has 2 rings (SSSR count). The lowest BCUT2D eigenvalue weighted by atomic mass is 10.1. The lowest BCUT2D eigenvalue weighted by Gasteiger charge is -2.08. The molecule has 1 atom stereocenters. The highest BCUT2D eigenvalue weighted by Crippen LogP contribution is 2.17. The Morgan fingerprint density at radius 1 is 1.25 bits per heavy atom. The average Bonchev–Trinajstić information content (AvgIpc) is 2.87. The van der Waals surface area contributed by atoms with E-state index in [0.29, 0.717) is 18.2 Å². The van der Waals surface area contributed by atoms with Crippen molar-refractivity contribution in [3.05, 3.63) is 47.6 Å². The Morgan fingerprint density at radius 3 is 2.70 bits per heavy atom. The van der Waals surface area contributed by atoms with Crippen LogP contribution in [0.25, 0.3) is 0 Å². The highest BCUT2D eigenvalue weighted by molar-refractivity contribution is 7.98. The number of benzene rings is 1. The molecule has 1 heterocycles. The van der Waals surface area contributed by atoms with Crippen molar-refractivity contribution in [3.63, 3.8) is 0 Å². The molecule has 1 aromatic heterocycles. The Balaban J connectivity index is 1.86. The minimum atomic E-state index is -0.104. The maximum absolute atomic E-state index is 6.14. The third-order valence-corrected chi connectivity index (χ3v) is 4.18. The molecule has 2 N–H and O–H groups in total. The smallest absolute Gasteiger partial charge is 0.228 e. The van der Waals surface area contributed by atoms with Crippen LogP contribution in [0.5, 0.6) is 0 Å². The summed E-state index contributed by atoms with van der Waals surface area (Å²) in [6.07, 6.45) is 0.575. The van der Waals surface area contributed by atoms with E-state index in [2.05, 4.69) is 24.0 Å². The summed E-state index contributed by atoms with van der Waals surface area (Å²) in [6.45, 7) is 4.40. The molecule has 0 amide bonds. The first-order valence-electron chi connectivity index (χ1n) is 6.85. The third kappa shape index (κ3) is 4.65. The molecule has 0 aliphatic carbocycles. The van der Waals surface area contributed by atoms with E-state index < -0.39 is 0 Å². The van der Waals surface area contributed by atoms with Gasteiger partial charge in [0.25, 0.3) is 0 Å². The van der Waals surface area contributed by atoms with Crippen LogP contribution in [0.1, 0.15) is 37.2 Å². The van der Waals surface area contributed by atoms with Crippen molar-refractivity contribution in [2.75, 3.05) is 5.75 Å². The maximum atomic E-state index is 6.14. The van der Waals surface area contributed by atoms with Crippen molar-refractivity contribution in [1.29, 1.82) is 0 Å². The lowest BCUT2D eigenvalue weighted by molar-refractivity contribution is 0.366. The summed E-state index contributed by atoms with van der Waals surface area (Å²) in [4.78, 5) is 4.39. The summed E-state index contributed by atoms with van der Waals surface area (Å²) in [5.41, 5.74) is 7.23. The van der Waals surface area contributed by atoms with Gasteiger partial charge >= 0.3 is 0 Å². The fraction of sp³-hybridized carbons (Fsp3) is 0.467. The highest BCUT2D eigenvalue weighted by atomic mass is 32.2. The van der Waals surface area contributed by atoms with Gasteiger partial charge in [0.2, 0.25) is 5.89 Å². The summed E-state index contributed by atoms with van der Waals surface area (Å²) in [7, 11) is 0. The van der Waals surface area contributed by atoms with E-state index >= 15 is 0 Å². The predicted octanol–water partition coefficient (Wildman–Crippen LogP) is 3.20. The van der Waals surface area contributed by atoms with Crippen molar-refractivity contribution in [2.24, 2.45) is 11.7 Å². The zero-order chi connectivity index (χ0) is 14.4. The second kappa shape index (κ2) is 7.45. The standard InChI is InChI=1S/C15H21N3OS/c1-11(2)9-20-10-14-17-15(19-18-14)8-13(16)12-6-4-3-5-7-12/h3-7,11,13H,8-10,16H2,1-2H3. The molecule has 0 saturated heterocycles. The van der Waals surface area contributed by atoms with E-state index in [0.717, 1.165) is 22.9 Å². The number of nitrogens with two attached hydrogens (primary N) is 1. The summed E-state index contributed by atoms with van der Waals surface area (Å²) in [6, 6.07) is 9.87. The number of aromatic nitrogens is 2. The summed E-state index contributed by atoms with van der Waals surface area (Å²) in [5.74, 6) is 3.95. The quantitative estimate of drug-likeness (QED) is 0.848. The van der Waals surface area contributed by atoms with Gasteiger partial charge in [0.15, 0.2) is 5.82 Å². The summed E-state index contributed by atoms with van der Waals surface area (Å²) in [5, 5.41) is 4.00. The zero-order valence-corrected chi connectivity index (χ0v) is 12.8. The van der Waals surface area contributed by atoms with Crippen molar-refractivity contribution < 1.29 is 4.52 Å². The molecule has 0 aliphatic heterocycles. The van der Waals surface area contributed by atoms with Gasteiger partial charge < -0.3 is 10.3 Å². The molecule has 4 nitrogen and oxygen atoms in total. The van der Waals surface area contributed by atoms with Crippen molar-refractivity contribution in [2.45, 2.75) is 32.1 Å². The fourth-order valence-corrected chi connectivity index (χ4v) is 2.71. The van der Waals surface area contributed by atoms with Crippen LogP contribution in [0.15, 0.2) is 34.9 Å². The fourth-order valence-electron chi connectivity index (χ4n) is 1.82. The number of hydrogen-bond donors (Lipinski definition) is 1. The second-order valence-corrected chi connectivity index (χ2v) is 6.26. The Labute approximate surface area is 124 Å². The maximum Gasteiger partial charge on any atom is 0.228 e. The van der Waals surface area contributed by atoms with Crippen molar-refractivity contribution in [1.82, 2.24) is 10.1 Å². The Bertz CT molecular complexity index is 513. The molecule has 20 heavy (non-hydrogen) atoms. The lowest BCUT2D eigenvalue weighted by Crippen LogP contribution is -2.13. The molecule has 0 spiro atoms. The normalized spacial score (nSPS) is 12.8. The van der Waals surface area contributed by atoms with E-state index in [4.69, 9.17) is 10.3 Å². The summed E-state index contributed by atoms with van der Waals surface area (Å²) >= 11 is 1.83. The molecule has 0 saturated carbocycles. The van der Waals surface area contributed by atoms with E-state index in [9.17, 15) is 0 Å². The van der Waals surface area contributed by atoms with Crippen LogP contribution in [-0.2, 0) is 12.2 Å². The molecule has 0 fully saturated rings. The number of nitrogens with zero attached hydrogens (tertiary/aromatic N) is 2. The number of hydrogen-bond acceptors (Lipinski definition) is 5. The number of thioether (sulfide) groups is 1. The Hall–Kier alpha value is -1.33.